The van der Waals surface area contributed by atoms with E-state index in [1.54, 1.807) is 24.3 Å². The predicted molar refractivity (Wildman–Crippen MR) is 85.2 cm³/mol. The van der Waals surface area contributed by atoms with E-state index >= 15 is 0 Å². The zero-order chi connectivity index (χ0) is 15.0. The van der Waals surface area contributed by atoms with Crippen LogP contribution in [0.4, 0.5) is 0 Å². The third-order valence-corrected chi connectivity index (χ3v) is 5.76. The van der Waals surface area contributed by atoms with Gasteiger partial charge >= 0.3 is 0 Å². The van der Waals surface area contributed by atoms with E-state index in [0.717, 1.165) is 25.9 Å². The smallest absolute Gasteiger partial charge is 0.178 e. The molecule has 0 radical (unpaired) electrons. The van der Waals surface area contributed by atoms with Gasteiger partial charge in [-0.15, -0.1) is 0 Å². The van der Waals surface area contributed by atoms with Crippen LogP contribution in [0.5, 0.6) is 0 Å². The molecule has 118 valence electrons. The molecule has 2 rings (SSSR count). The van der Waals surface area contributed by atoms with Crippen LogP contribution in [0.15, 0.2) is 35.2 Å². The maximum atomic E-state index is 12.1. The van der Waals surface area contributed by atoms with Crippen molar-refractivity contribution in [2.24, 2.45) is 0 Å². The van der Waals surface area contributed by atoms with Crippen LogP contribution >= 0.6 is 0 Å². The number of unbranched alkanes of at least 4 members (excludes halogenated alkanes) is 6. The molecule has 0 saturated carbocycles. The quantitative estimate of drug-likeness (QED) is 0.459. The van der Waals surface area contributed by atoms with E-state index in [0.29, 0.717) is 11.0 Å². The van der Waals surface area contributed by atoms with Crippen molar-refractivity contribution in [1.82, 2.24) is 0 Å². The Hall–Kier alpha value is -0.870. The Morgan fingerprint density at radius 2 is 1.48 bits per heavy atom. The molecule has 0 bridgehead atoms. The number of ether oxygens (including phenoxy) is 1. The predicted octanol–water partition coefficient (Wildman–Crippen LogP) is 3.98. The van der Waals surface area contributed by atoms with Crippen molar-refractivity contribution < 1.29 is 13.2 Å². The average molecular weight is 310 g/mol. The Labute approximate surface area is 128 Å². The summed E-state index contributed by atoms with van der Waals surface area (Å²) in [4.78, 5) is 0.451. The number of epoxide rings is 1. The van der Waals surface area contributed by atoms with E-state index in [-0.39, 0.29) is 5.75 Å². The lowest BCUT2D eigenvalue weighted by atomic mass is 10.1. The number of hydrogen-bond donors (Lipinski definition) is 0. The van der Waals surface area contributed by atoms with Gasteiger partial charge in [0.15, 0.2) is 9.84 Å². The molecule has 0 aliphatic carbocycles. The summed E-state index contributed by atoms with van der Waals surface area (Å²) in [6.45, 7) is 0.968. The van der Waals surface area contributed by atoms with Gasteiger partial charge in [0.1, 0.15) is 0 Å². The first-order valence-electron chi connectivity index (χ1n) is 8.08. The zero-order valence-corrected chi connectivity index (χ0v) is 13.5. The van der Waals surface area contributed by atoms with Gasteiger partial charge in [-0.05, 0) is 25.0 Å². The Morgan fingerprint density at radius 1 is 0.905 bits per heavy atom. The first-order valence-corrected chi connectivity index (χ1v) is 9.73. The van der Waals surface area contributed by atoms with E-state index in [2.05, 4.69) is 0 Å². The summed E-state index contributed by atoms with van der Waals surface area (Å²) >= 11 is 0. The Bertz CT molecular complexity index is 492. The Balaban J connectivity index is 1.49. The highest BCUT2D eigenvalue weighted by Gasteiger charge is 2.20. The van der Waals surface area contributed by atoms with Crippen LogP contribution < -0.4 is 0 Å². The third-order valence-electron chi connectivity index (χ3n) is 3.94. The lowest BCUT2D eigenvalue weighted by Gasteiger charge is -2.04. The molecule has 1 unspecified atom stereocenters. The SMILES string of the molecule is O=S(=O)(CCCCCCCCCC1CO1)c1ccccc1. The molecule has 1 aliphatic rings. The van der Waals surface area contributed by atoms with Crippen LogP contribution in [0, 0.1) is 0 Å². The molecule has 0 N–H and O–H groups in total. The molecule has 4 heteroatoms. The van der Waals surface area contributed by atoms with E-state index in [4.69, 9.17) is 4.74 Å². The number of sulfone groups is 1. The Morgan fingerprint density at radius 3 is 2.10 bits per heavy atom. The highest BCUT2D eigenvalue weighted by atomic mass is 32.2. The van der Waals surface area contributed by atoms with Crippen molar-refractivity contribution in [3.8, 4) is 0 Å². The van der Waals surface area contributed by atoms with Crippen molar-refractivity contribution >= 4 is 9.84 Å². The van der Waals surface area contributed by atoms with Crippen LogP contribution in [0.2, 0.25) is 0 Å². The van der Waals surface area contributed by atoms with Crippen LogP contribution in [-0.4, -0.2) is 26.9 Å². The van der Waals surface area contributed by atoms with Crippen LogP contribution in [0.3, 0.4) is 0 Å². The highest BCUT2D eigenvalue weighted by Crippen LogP contribution is 2.18. The van der Waals surface area contributed by atoms with Gasteiger partial charge in [0.25, 0.3) is 0 Å². The highest BCUT2D eigenvalue weighted by molar-refractivity contribution is 7.91. The van der Waals surface area contributed by atoms with Crippen LogP contribution in [0.1, 0.15) is 51.4 Å². The molecular weight excluding hydrogens is 284 g/mol. The summed E-state index contributed by atoms with van der Waals surface area (Å²) in [6, 6.07) is 8.76. The van der Waals surface area contributed by atoms with Crippen LogP contribution in [-0.2, 0) is 14.6 Å². The molecule has 0 spiro atoms. The molecule has 1 aromatic rings. The third kappa shape index (κ3) is 6.62. The van der Waals surface area contributed by atoms with E-state index in [1.807, 2.05) is 6.07 Å². The van der Waals surface area contributed by atoms with Gasteiger partial charge in [-0.3, -0.25) is 0 Å². The summed E-state index contributed by atoms with van der Waals surface area (Å²) in [6.07, 6.45) is 9.74. The maximum Gasteiger partial charge on any atom is 0.178 e. The second-order valence-electron chi connectivity index (χ2n) is 5.85. The molecule has 1 aliphatic heterocycles. The van der Waals surface area contributed by atoms with Gasteiger partial charge in [0, 0.05) is 0 Å². The van der Waals surface area contributed by atoms with Crippen molar-refractivity contribution in [3.63, 3.8) is 0 Å². The van der Waals surface area contributed by atoms with Crippen LogP contribution in [0.25, 0.3) is 0 Å². The molecule has 0 aromatic heterocycles. The van der Waals surface area contributed by atoms with Crippen molar-refractivity contribution in [2.45, 2.75) is 62.4 Å². The molecule has 0 amide bonds. The lowest BCUT2D eigenvalue weighted by molar-refractivity contribution is 0.387. The Kier molecular flexibility index (Phi) is 6.71. The van der Waals surface area contributed by atoms with Gasteiger partial charge in [0.05, 0.1) is 23.4 Å². The van der Waals surface area contributed by atoms with Gasteiger partial charge < -0.3 is 4.74 Å². The van der Waals surface area contributed by atoms with Crippen molar-refractivity contribution in [2.75, 3.05) is 12.4 Å². The first kappa shape index (κ1) is 16.5. The largest absolute Gasteiger partial charge is 0.373 e. The van der Waals surface area contributed by atoms with Crippen molar-refractivity contribution in [3.05, 3.63) is 30.3 Å². The molecule has 1 aromatic carbocycles. The number of benzene rings is 1. The summed E-state index contributed by atoms with van der Waals surface area (Å²) in [5, 5.41) is 0. The van der Waals surface area contributed by atoms with Gasteiger partial charge in [-0.2, -0.15) is 0 Å². The topological polar surface area (TPSA) is 46.7 Å². The number of rotatable bonds is 11. The summed E-state index contributed by atoms with van der Waals surface area (Å²) < 4.78 is 29.3. The second kappa shape index (κ2) is 8.54. The van der Waals surface area contributed by atoms with Gasteiger partial charge in [-0.1, -0.05) is 56.7 Å². The first-order chi connectivity index (χ1) is 10.2. The molecule has 1 saturated heterocycles. The van der Waals surface area contributed by atoms with E-state index in [1.165, 1.54) is 32.1 Å². The summed E-state index contributed by atoms with van der Waals surface area (Å²) in [5.41, 5.74) is 0. The van der Waals surface area contributed by atoms with Gasteiger partial charge in [-0.25, -0.2) is 8.42 Å². The summed E-state index contributed by atoms with van der Waals surface area (Å²) in [5.74, 6) is 0.274. The van der Waals surface area contributed by atoms with E-state index in [9.17, 15) is 8.42 Å². The normalized spacial score (nSPS) is 17.8. The molecule has 21 heavy (non-hydrogen) atoms. The fraction of sp³-hybridized carbons (Fsp3) is 0.647. The van der Waals surface area contributed by atoms with E-state index < -0.39 is 9.84 Å². The molecule has 1 atom stereocenters. The fourth-order valence-electron chi connectivity index (χ4n) is 2.53. The minimum absolute atomic E-state index is 0.274. The minimum Gasteiger partial charge on any atom is -0.373 e. The summed E-state index contributed by atoms with van der Waals surface area (Å²) in [7, 11) is -3.08. The maximum absolute atomic E-state index is 12.1. The second-order valence-corrected chi connectivity index (χ2v) is 7.96. The minimum atomic E-state index is -3.08. The fourth-order valence-corrected chi connectivity index (χ4v) is 3.92. The van der Waals surface area contributed by atoms with Gasteiger partial charge in [0.2, 0.25) is 0 Å². The molecular formula is C17H26O3S. The lowest BCUT2D eigenvalue weighted by Crippen LogP contribution is -2.06. The standard InChI is InChI=1S/C17H26O3S/c18-21(19,17-12-8-6-9-13-17)14-10-5-3-1-2-4-7-11-16-15-20-16/h6,8-9,12-13,16H,1-5,7,10-11,14-15H2. The number of hydrogen-bond acceptors (Lipinski definition) is 3. The average Bonchev–Trinajstić information content (AvgIpc) is 3.30. The zero-order valence-electron chi connectivity index (χ0n) is 12.7. The van der Waals surface area contributed by atoms with Crippen molar-refractivity contribution in [1.29, 1.82) is 0 Å². The molecule has 1 heterocycles. The molecule has 1 fully saturated rings. The molecule has 3 nitrogen and oxygen atoms in total. The monoisotopic (exact) mass is 310 g/mol.